The lowest BCUT2D eigenvalue weighted by Crippen LogP contribution is -2.38. The third-order valence-corrected chi connectivity index (χ3v) is 7.08. The number of para-hydroxylation sites is 2. The number of benzene rings is 2. The van der Waals surface area contributed by atoms with Crippen molar-refractivity contribution in [1.82, 2.24) is 4.90 Å². The lowest BCUT2D eigenvalue weighted by molar-refractivity contribution is -0.144. The molecule has 0 spiro atoms. The summed E-state index contributed by atoms with van der Waals surface area (Å²) in [6, 6.07) is 13.4. The zero-order chi connectivity index (χ0) is 22.4. The Hall–Kier alpha value is -3.12. The molecule has 1 N–H and O–H groups in total. The second-order valence-corrected chi connectivity index (χ2v) is 9.00. The van der Waals surface area contributed by atoms with Crippen LogP contribution in [0.3, 0.4) is 0 Å². The zero-order valence-corrected chi connectivity index (χ0v) is 18.3. The molecule has 164 valence electrons. The average molecular weight is 451 g/mol. The highest BCUT2D eigenvalue weighted by Gasteiger charge is 2.60. The van der Waals surface area contributed by atoms with Gasteiger partial charge >= 0.3 is 0 Å². The number of amides is 3. The Bertz CT molecular complexity index is 1080. The van der Waals surface area contributed by atoms with E-state index in [4.69, 9.17) is 16.3 Å². The van der Waals surface area contributed by atoms with E-state index in [0.29, 0.717) is 22.0 Å². The van der Waals surface area contributed by atoms with Crippen molar-refractivity contribution in [2.24, 2.45) is 23.7 Å². The molecule has 5 unspecified atom stereocenters. The monoisotopic (exact) mass is 450 g/mol. The number of halogens is 1. The Labute approximate surface area is 191 Å². The molecule has 5 rings (SSSR count). The van der Waals surface area contributed by atoms with Gasteiger partial charge in [-0.3, -0.25) is 19.3 Å². The number of methoxy groups -OCH3 is 1. The molecule has 2 aromatic carbocycles. The van der Waals surface area contributed by atoms with Crippen molar-refractivity contribution in [2.75, 3.05) is 12.4 Å². The summed E-state index contributed by atoms with van der Waals surface area (Å²) in [6.07, 6.45) is 4.93. The fourth-order valence-electron chi connectivity index (χ4n) is 5.40. The van der Waals surface area contributed by atoms with Crippen LogP contribution in [-0.4, -0.2) is 29.7 Å². The van der Waals surface area contributed by atoms with Gasteiger partial charge in [0.1, 0.15) is 5.75 Å². The summed E-state index contributed by atoms with van der Waals surface area (Å²) in [4.78, 5) is 41.2. The Balaban J connectivity index is 1.44. The lowest BCUT2D eigenvalue weighted by Gasteiger charge is -2.28. The van der Waals surface area contributed by atoms with Crippen LogP contribution in [0.1, 0.15) is 24.4 Å². The number of allylic oxidation sites excluding steroid dienone is 2. The summed E-state index contributed by atoms with van der Waals surface area (Å²) >= 11 is 6.06. The second kappa shape index (κ2) is 8.10. The number of imide groups is 1. The molecule has 3 amide bonds. The molecule has 6 nitrogen and oxygen atoms in total. The number of nitrogens with one attached hydrogen (secondary N) is 1. The predicted molar refractivity (Wildman–Crippen MR) is 120 cm³/mol. The van der Waals surface area contributed by atoms with Gasteiger partial charge in [-0.25, -0.2) is 0 Å². The molecule has 1 heterocycles. The van der Waals surface area contributed by atoms with Gasteiger partial charge in [-0.05, 0) is 48.1 Å². The van der Waals surface area contributed by atoms with E-state index in [-0.39, 0.29) is 47.8 Å². The number of nitrogens with zero attached hydrogens (tertiary/aromatic N) is 1. The molecule has 1 aliphatic heterocycles. The van der Waals surface area contributed by atoms with Crippen molar-refractivity contribution in [3.63, 3.8) is 0 Å². The van der Waals surface area contributed by atoms with E-state index < -0.39 is 6.04 Å². The van der Waals surface area contributed by atoms with Crippen LogP contribution in [-0.2, 0) is 14.4 Å². The van der Waals surface area contributed by atoms with Crippen molar-refractivity contribution in [3.05, 3.63) is 71.3 Å². The van der Waals surface area contributed by atoms with Gasteiger partial charge in [-0.1, -0.05) is 48.0 Å². The average Bonchev–Trinajstić information content (AvgIpc) is 3.47. The van der Waals surface area contributed by atoms with Crippen LogP contribution in [0.5, 0.6) is 5.75 Å². The summed E-state index contributed by atoms with van der Waals surface area (Å²) in [6.45, 7) is 0. The third-order valence-electron chi connectivity index (χ3n) is 6.83. The van der Waals surface area contributed by atoms with E-state index in [1.807, 2.05) is 6.07 Å². The molecule has 32 heavy (non-hydrogen) atoms. The topological polar surface area (TPSA) is 75.7 Å². The first kappa shape index (κ1) is 20.8. The first-order valence-corrected chi connectivity index (χ1v) is 11.1. The van der Waals surface area contributed by atoms with E-state index in [0.717, 1.165) is 6.42 Å². The molecular weight excluding hydrogens is 428 g/mol. The molecule has 2 aromatic rings. The van der Waals surface area contributed by atoms with Crippen LogP contribution in [0, 0.1) is 23.7 Å². The third kappa shape index (κ3) is 3.39. The predicted octanol–water partition coefficient (Wildman–Crippen LogP) is 4.23. The summed E-state index contributed by atoms with van der Waals surface area (Å²) in [5.41, 5.74) is 1.24. The van der Waals surface area contributed by atoms with Crippen molar-refractivity contribution in [3.8, 4) is 5.75 Å². The van der Waals surface area contributed by atoms with Gasteiger partial charge in [0.2, 0.25) is 17.7 Å². The van der Waals surface area contributed by atoms with Crippen LogP contribution in [0.2, 0.25) is 5.02 Å². The van der Waals surface area contributed by atoms with Gasteiger partial charge in [-0.2, -0.15) is 0 Å². The van der Waals surface area contributed by atoms with Crippen LogP contribution in [0.15, 0.2) is 60.7 Å². The number of carbonyl (C=O) groups excluding carboxylic acids is 3. The molecule has 0 aromatic heterocycles. The van der Waals surface area contributed by atoms with E-state index in [2.05, 4.69) is 17.5 Å². The second-order valence-electron chi connectivity index (χ2n) is 8.57. The van der Waals surface area contributed by atoms with E-state index in [1.54, 1.807) is 42.5 Å². The molecular formula is C25H23ClN2O4. The standard InChI is InChI=1S/C25H23ClN2O4/c1-32-20-5-3-2-4-18(20)27-21(29)13-19(14-8-10-17(26)11-9-14)28-24(30)22-15-6-7-16(12-15)23(22)25(28)31/h2-11,15-16,19,22-23H,12-13H2,1H3,(H,27,29). The van der Waals surface area contributed by atoms with Gasteiger partial charge in [0, 0.05) is 5.02 Å². The first-order chi connectivity index (χ1) is 15.5. The summed E-state index contributed by atoms with van der Waals surface area (Å²) in [5.74, 6) is -0.542. The fourth-order valence-corrected chi connectivity index (χ4v) is 5.53. The number of fused-ring (bicyclic) bond motifs is 5. The van der Waals surface area contributed by atoms with Gasteiger partial charge in [-0.15, -0.1) is 0 Å². The maximum absolute atomic E-state index is 13.4. The molecule has 2 bridgehead atoms. The highest BCUT2D eigenvalue weighted by atomic mass is 35.5. The van der Waals surface area contributed by atoms with Crippen LogP contribution in [0.25, 0.3) is 0 Å². The lowest BCUT2D eigenvalue weighted by atomic mass is 9.85. The molecule has 1 saturated heterocycles. The number of hydrogen-bond acceptors (Lipinski definition) is 4. The quantitative estimate of drug-likeness (QED) is 0.528. The van der Waals surface area contributed by atoms with Crippen molar-refractivity contribution >= 4 is 35.0 Å². The van der Waals surface area contributed by atoms with E-state index in [9.17, 15) is 14.4 Å². The highest BCUT2D eigenvalue weighted by molar-refractivity contribution is 6.30. The fraction of sp³-hybridized carbons (Fsp3) is 0.320. The van der Waals surface area contributed by atoms with Gasteiger partial charge < -0.3 is 10.1 Å². The number of hydrogen-bond donors (Lipinski definition) is 1. The minimum absolute atomic E-state index is 0.0562. The summed E-state index contributed by atoms with van der Waals surface area (Å²) in [5, 5.41) is 3.40. The summed E-state index contributed by atoms with van der Waals surface area (Å²) < 4.78 is 5.31. The van der Waals surface area contributed by atoms with E-state index in [1.165, 1.54) is 12.0 Å². The van der Waals surface area contributed by atoms with Crippen molar-refractivity contribution in [1.29, 1.82) is 0 Å². The molecule has 0 radical (unpaired) electrons. The minimum Gasteiger partial charge on any atom is -0.495 e. The van der Waals surface area contributed by atoms with Crippen LogP contribution in [0.4, 0.5) is 5.69 Å². The van der Waals surface area contributed by atoms with E-state index >= 15 is 0 Å². The first-order valence-electron chi connectivity index (χ1n) is 10.7. The van der Waals surface area contributed by atoms with Crippen LogP contribution >= 0.6 is 11.6 Å². The molecule has 5 atom stereocenters. The molecule has 7 heteroatoms. The highest BCUT2D eigenvalue weighted by Crippen LogP contribution is 2.54. The zero-order valence-electron chi connectivity index (χ0n) is 17.5. The molecule has 2 fully saturated rings. The Kier molecular flexibility index (Phi) is 5.25. The van der Waals surface area contributed by atoms with Gasteiger partial charge in [0.05, 0.1) is 37.1 Å². The Morgan fingerprint density at radius 2 is 1.69 bits per heavy atom. The van der Waals surface area contributed by atoms with Gasteiger partial charge in [0.25, 0.3) is 0 Å². The van der Waals surface area contributed by atoms with Crippen molar-refractivity contribution in [2.45, 2.75) is 18.9 Å². The Morgan fingerprint density at radius 3 is 2.31 bits per heavy atom. The number of anilines is 1. The summed E-state index contributed by atoms with van der Waals surface area (Å²) in [7, 11) is 1.53. The maximum Gasteiger partial charge on any atom is 0.234 e. The van der Waals surface area contributed by atoms with Crippen LogP contribution < -0.4 is 10.1 Å². The van der Waals surface area contributed by atoms with Gasteiger partial charge in [0.15, 0.2) is 0 Å². The SMILES string of the molecule is COc1ccccc1NC(=O)CC(c1ccc(Cl)cc1)N1C(=O)C2C3C=CC(C3)C2C1=O. The number of rotatable bonds is 6. The van der Waals surface area contributed by atoms with Crippen molar-refractivity contribution < 1.29 is 19.1 Å². The number of carbonyl (C=O) groups is 3. The largest absolute Gasteiger partial charge is 0.495 e. The molecule has 3 aliphatic rings. The number of likely N-dealkylation sites (tertiary alicyclic amines) is 1. The smallest absolute Gasteiger partial charge is 0.234 e. The molecule has 1 saturated carbocycles. The minimum atomic E-state index is -0.702. The normalized spacial score (nSPS) is 26.4. The Morgan fingerprint density at radius 1 is 1.06 bits per heavy atom. The molecule has 2 aliphatic carbocycles. The maximum atomic E-state index is 13.4. The number of ether oxygens (including phenoxy) is 1.